The molecule has 0 unspecified atom stereocenters. The molecular formula is C21H22N2O8S. The van der Waals surface area contributed by atoms with Gasteiger partial charge in [-0.1, -0.05) is 12.1 Å². The van der Waals surface area contributed by atoms with Crippen molar-refractivity contribution in [1.29, 1.82) is 0 Å². The maximum Gasteiger partial charge on any atom is 0.356 e. The number of nitrogens with one attached hydrogen (secondary N) is 2. The zero-order chi connectivity index (χ0) is 23.5. The third-order valence-electron chi connectivity index (χ3n) is 4.60. The monoisotopic (exact) mass is 462 g/mol. The van der Waals surface area contributed by atoms with Crippen LogP contribution in [0.5, 0.6) is 11.5 Å². The molecule has 10 nitrogen and oxygen atoms in total. The van der Waals surface area contributed by atoms with Crippen LogP contribution in [0.2, 0.25) is 0 Å². The first-order chi connectivity index (χ1) is 15.3. The van der Waals surface area contributed by atoms with Crippen molar-refractivity contribution in [2.75, 3.05) is 32.7 Å². The van der Waals surface area contributed by atoms with Gasteiger partial charge in [0.15, 0.2) is 17.2 Å². The minimum absolute atomic E-state index is 0.0564. The molecule has 2 N–H and O–H groups in total. The molecule has 0 fully saturated rings. The lowest BCUT2D eigenvalue weighted by atomic mass is 10.2. The number of hydrogen-bond acceptors (Lipinski definition) is 8. The lowest BCUT2D eigenvalue weighted by Gasteiger charge is -2.12. The highest BCUT2D eigenvalue weighted by atomic mass is 32.2. The van der Waals surface area contributed by atoms with Crippen molar-refractivity contribution >= 4 is 38.6 Å². The van der Waals surface area contributed by atoms with Gasteiger partial charge in [-0.3, -0.25) is 4.72 Å². The van der Waals surface area contributed by atoms with Crippen LogP contribution >= 0.6 is 0 Å². The van der Waals surface area contributed by atoms with Gasteiger partial charge in [0.05, 0.1) is 44.7 Å². The molecule has 0 bridgehead atoms. The summed E-state index contributed by atoms with van der Waals surface area (Å²) in [5.74, 6) is -0.880. The van der Waals surface area contributed by atoms with Crippen molar-refractivity contribution in [3.05, 3.63) is 47.7 Å². The third-order valence-corrected chi connectivity index (χ3v) is 6.01. The Kier molecular flexibility index (Phi) is 6.58. The molecule has 0 atom stereocenters. The Balaban J connectivity index is 2.22. The van der Waals surface area contributed by atoms with Gasteiger partial charge in [-0.25, -0.2) is 18.0 Å². The fraction of sp³-hybridized carbons (Fsp3) is 0.238. The Labute approximate surface area is 184 Å². The fourth-order valence-electron chi connectivity index (χ4n) is 3.15. The van der Waals surface area contributed by atoms with Crippen molar-refractivity contribution in [2.45, 2.75) is 11.8 Å². The van der Waals surface area contributed by atoms with Gasteiger partial charge in [-0.2, -0.15) is 0 Å². The fourth-order valence-corrected chi connectivity index (χ4v) is 4.44. The normalized spacial score (nSPS) is 11.1. The van der Waals surface area contributed by atoms with Crippen LogP contribution in [0.1, 0.15) is 27.8 Å². The van der Waals surface area contributed by atoms with E-state index in [-0.39, 0.29) is 28.4 Å². The summed E-state index contributed by atoms with van der Waals surface area (Å²) >= 11 is 0. The van der Waals surface area contributed by atoms with Crippen molar-refractivity contribution in [2.24, 2.45) is 0 Å². The summed E-state index contributed by atoms with van der Waals surface area (Å²) in [6, 6.07) is 8.66. The van der Waals surface area contributed by atoms with E-state index in [4.69, 9.17) is 14.2 Å². The minimum atomic E-state index is -4.32. The van der Waals surface area contributed by atoms with Crippen LogP contribution in [0.4, 0.5) is 5.69 Å². The number of sulfonamides is 1. The van der Waals surface area contributed by atoms with Crippen LogP contribution < -0.4 is 14.2 Å². The summed E-state index contributed by atoms with van der Waals surface area (Å²) in [7, 11) is -0.287. The van der Waals surface area contributed by atoms with Crippen LogP contribution in [0.3, 0.4) is 0 Å². The molecule has 3 aromatic rings. The number of fused-ring (bicyclic) bond motifs is 1. The second kappa shape index (κ2) is 9.18. The number of rotatable bonds is 8. The van der Waals surface area contributed by atoms with Gasteiger partial charge in [0.2, 0.25) is 0 Å². The van der Waals surface area contributed by atoms with Gasteiger partial charge in [0.25, 0.3) is 10.0 Å². The average Bonchev–Trinajstić information content (AvgIpc) is 3.14. The van der Waals surface area contributed by atoms with Gasteiger partial charge in [-0.05, 0) is 25.1 Å². The Morgan fingerprint density at radius 2 is 1.66 bits per heavy atom. The molecule has 1 aromatic heterocycles. The van der Waals surface area contributed by atoms with Crippen molar-refractivity contribution in [3.8, 4) is 11.5 Å². The molecule has 0 radical (unpaired) electrons. The number of aromatic amines is 1. The SMILES string of the molecule is CCOC(=O)c1[nH]c2cc(OC)c(OC)cc2c1NS(=O)(=O)c1ccccc1C(=O)OC. The number of hydrogen-bond donors (Lipinski definition) is 2. The van der Waals surface area contributed by atoms with Gasteiger partial charge in [0, 0.05) is 11.5 Å². The smallest absolute Gasteiger partial charge is 0.356 e. The molecule has 11 heteroatoms. The molecular weight excluding hydrogens is 440 g/mol. The number of H-pyrrole nitrogens is 1. The first-order valence-electron chi connectivity index (χ1n) is 9.42. The highest BCUT2D eigenvalue weighted by molar-refractivity contribution is 7.92. The lowest BCUT2D eigenvalue weighted by Crippen LogP contribution is -2.19. The number of aromatic nitrogens is 1. The molecule has 0 amide bonds. The van der Waals surface area contributed by atoms with E-state index in [0.717, 1.165) is 7.11 Å². The number of anilines is 1. The summed E-state index contributed by atoms with van der Waals surface area (Å²) in [6.45, 7) is 1.71. The van der Waals surface area contributed by atoms with Gasteiger partial charge in [0.1, 0.15) is 4.90 Å². The number of esters is 2. The van der Waals surface area contributed by atoms with Crippen LogP contribution in [0.15, 0.2) is 41.3 Å². The van der Waals surface area contributed by atoms with Crippen molar-refractivity contribution in [3.63, 3.8) is 0 Å². The van der Waals surface area contributed by atoms with E-state index < -0.39 is 22.0 Å². The Morgan fingerprint density at radius 1 is 1.00 bits per heavy atom. The molecule has 2 aromatic carbocycles. The first kappa shape index (κ1) is 22.9. The standard InChI is InChI=1S/C21H22N2O8S/c1-5-31-21(25)19-18(13-10-15(28-2)16(29-3)11-14(13)22-19)23-32(26,27)17-9-7-6-8-12(17)20(24)30-4/h6-11,22-23H,5H2,1-4H3. The van der Waals surface area contributed by atoms with E-state index in [1.165, 1.54) is 44.6 Å². The van der Waals surface area contributed by atoms with Gasteiger partial charge < -0.3 is 23.9 Å². The Bertz CT molecular complexity index is 1280. The molecule has 170 valence electrons. The summed E-state index contributed by atoms with van der Waals surface area (Å²) in [5, 5.41) is 0.338. The molecule has 0 spiro atoms. The van der Waals surface area contributed by atoms with Crippen LogP contribution in [-0.2, 0) is 19.5 Å². The summed E-state index contributed by atoms with van der Waals surface area (Å²) in [6.07, 6.45) is 0. The average molecular weight is 462 g/mol. The van der Waals surface area contributed by atoms with E-state index in [1.807, 2.05) is 0 Å². The van der Waals surface area contributed by atoms with Gasteiger partial charge in [-0.15, -0.1) is 0 Å². The molecule has 0 saturated heterocycles. The molecule has 1 heterocycles. The van der Waals surface area contributed by atoms with Crippen LogP contribution in [-0.4, -0.2) is 53.3 Å². The second-order valence-electron chi connectivity index (χ2n) is 6.44. The lowest BCUT2D eigenvalue weighted by molar-refractivity contribution is 0.0520. The maximum atomic E-state index is 13.3. The van der Waals surface area contributed by atoms with E-state index in [0.29, 0.717) is 22.4 Å². The third kappa shape index (κ3) is 4.19. The molecule has 32 heavy (non-hydrogen) atoms. The van der Waals surface area contributed by atoms with Crippen LogP contribution in [0, 0.1) is 0 Å². The zero-order valence-electron chi connectivity index (χ0n) is 17.8. The van der Waals surface area contributed by atoms with Gasteiger partial charge >= 0.3 is 11.9 Å². The number of carbonyl (C=O) groups is 2. The molecule has 0 aliphatic rings. The van der Waals surface area contributed by atoms with Crippen LogP contribution in [0.25, 0.3) is 10.9 Å². The number of methoxy groups -OCH3 is 3. The molecule has 3 rings (SSSR count). The largest absolute Gasteiger partial charge is 0.493 e. The topological polar surface area (TPSA) is 133 Å². The predicted molar refractivity (Wildman–Crippen MR) is 116 cm³/mol. The van der Waals surface area contributed by atoms with E-state index >= 15 is 0 Å². The Morgan fingerprint density at radius 3 is 2.28 bits per heavy atom. The number of ether oxygens (including phenoxy) is 4. The van der Waals surface area contributed by atoms with Crippen molar-refractivity contribution in [1.82, 2.24) is 4.98 Å². The maximum absolute atomic E-state index is 13.3. The first-order valence-corrected chi connectivity index (χ1v) is 10.9. The molecule has 0 aliphatic carbocycles. The quantitative estimate of drug-likeness (QED) is 0.488. The molecule has 0 aliphatic heterocycles. The van der Waals surface area contributed by atoms with E-state index in [9.17, 15) is 18.0 Å². The number of carbonyl (C=O) groups excluding carboxylic acids is 2. The van der Waals surface area contributed by atoms with E-state index in [2.05, 4.69) is 14.4 Å². The highest BCUT2D eigenvalue weighted by Gasteiger charge is 2.28. The summed E-state index contributed by atoms with van der Waals surface area (Å²) in [4.78, 5) is 27.2. The minimum Gasteiger partial charge on any atom is -0.493 e. The molecule has 0 saturated carbocycles. The van der Waals surface area contributed by atoms with E-state index in [1.54, 1.807) is 13.0 Å². The second-order valence-corrected chi connectivity index (χ2v) is 8.09. The summed E-state index contributed by atoms with van der Waals surface area (Å²) in [5.41, 5.74) is 0.0827. The van der Waals surface area contributed by atoms with Crippen molar-refractivity contribution < 1.29 is 37.0 Å². The summed E-state index contributed by atoms with van der Waals surface area (Å²) < 4.78 is 49.2. The highest BCUT2D eigenvalue weighted by Crippen LogP contribution is 2.38. The Hall–Kier alpha value is -3.73. The predicted octanol–water partition coefficient (Wildman–Crippen LogP) is 2.95. The zero-order valence-corrected chi connectivity index (χ0v) is 18.7. The number of benzene rings is 2.